The Hall–Kier alpha value is -1.55. The van der Waals surface area contributed by atoms with Crippen molar-refractivity contribution in [3.8, 4) is 0 Å². The normalized spacial score (nSPS) is 27.6. The highest BCUT2D eigenvalue weighted by Crippen LogP contribution is 2.41. The second-order valence-corrected chi connectivity index (χ2v) is 7.81. The minimum Gasteiger partial charge on any atom is -0.411 e. The van der Waals surface area contributed by atoms with Gasteiger partial charge in [0.25, 0.3) is 0 Å². The lowest BCUT2D eigenvalue weighted by Crippen LogP contribution is -2.47. The molecule has 1 saturated heterocycles. The van der Waals surface area contributed by atoms with Gasteiger partial charge in [-0.15, -0.1) is 0 Å². The molecule has 0 radical (unpaired) electrons. The maximum absolute atomic E-state index is 9.79. The van der Waals surface area contributed by atoms with Crippen LogP contribution >= 0.6 is 23.2 Å². The van der Waals surface area contributed by atoms with E-state index < -0.39 is 0 Å². The molecule has 3 rings (SSSR count). The van der Waals surface area contributed by atoms with E-state index in [4.69, 9.17) is 23.2 Å². The van der Waals surface area contributed by atoms with Gasteiger partial charge in [0.05, 0.1) is 5.71 Å². The summed E-state index contributed by atoms with van der Waals surface area (Å²) < 4.78 is 0. The Labute approximate surface area is 165 Å². The van der Waals surface area contributed by atoms with Crippen molar-refractivity contribution in [2.45, 2.75) is 38.8 Å². The predicted octanol–water partition coefficient (Wildman–Crippen LogP) is 6.26. The Bertz CT molecular complexity index is 759. The summed E-state index contributed by atoms with van der Waals surface area (Å²) in [6.45, 7) is 4.27. The molecule has 5 heteroatoms. The third-order valence-corrected chi connectivity index (χ3v) is 5.79. The molecule has 1 aliphatic heterocycles. The fourth-order valence-electron chi connectivity index (χ4n) is 3.98. The maximum atomic E-state index is 9.79. The average Bonchev–Trinajstić information content (AvgIpc) is 2.64. The van der Waals surface area contributed by atoms with Gasteiger partial charge >= 0.3 is 0 Å². The van der Waals surface area contributed by atoms with E-state index in [-0.39, 0.29) is 23.9 Å². The molecule has 4 atom stereocenters. The highest BCUT2D eigenvalue weighted by molar-refractivity contribution is 6.30. The van der Waals surface area contributed by atoms with Crippen molar-refractivity contribution in [1.29, 1.82) is 0 Å². The smallest absolute Gasteiger partial charge is 0.0667 e. The van der Waals surface area contributed by atoms with Crippen LogP contribution in [0.2, 0.25) is 10.0 Å². The average molecular weight is 391 g/mol. The Morgan fingerprint density at radius 1 is 0.923 bits per heavy atom. The molecule has 1 heterocycles. The van der Waals surface area contributed by atoms with E-state index in [1.54, 1.807) is 0 Å². The summed E-state index contributed by atoms with van der Waals surface area (Å²) in [5, 5.41) is 18.8. The van der Waals surface area contributed by atoms with Gasteiger partial charge in [0, 0.05) is 34.0 Å². The number of hydrogen-bond donors (Lipinski definition) is 2. The maximum Gasteiger partial charge on any atom is 0.0667 e. The van der Waals surface area contributed by atoms with Gasteiger partial charge < -0.3 is 10.5 Å². The molecule has 138 valence electrons. The number of piperidine rings is 1. The molecule has 0 saturated carbocycles. The molecule has 0 amide bonds. The molecule has 1 aliphatic rings. The quantitative estimate of drug-likeness (QED) is 0.477. The lowest BCUT2D eigenvalue weighted by Gasteiger charge is -2.42. The number of nitrogens with zero attached hydrogens (tertiary/aromatic N) is 1. The summed E-state index contributed by atoms with van der Waals surface area (Å²) in [7, 11) is 0. The number of halogens is 2. The van der Waals surface area contributed by atoms with E-state index in [0.29, 0.717) is 5.02 Å². The lowest BCUT2D eigenvalue weighted by molar-refractivity contribution is 0.258. The summed E-state index contributed by atoms with van der Waals surface area (Å²) >= 11 is 12.1. The van der Waals surface area contributed by atoms with Crippen LogP contribution < -0.4 is 5.32 Å². The van der Waals surface area contributed by atoms with Crippen LogP contribution in [0.15, 0.2) is 53.7 Å². The number of nitrogens with one attached hydrogen (secondary N) is 1. The van der Waals surface area contributed by atoms with Gasteiger partial charge in [0.15, 0.2) is 0 Å². The molecule has 1 fully saturated rings. The number of oxime groups is 1. The second-order valence-electron chi connectivity index (χ2n) is 6.93. The van der Waals surface area contributed by atoms with Gasteiger partial charge in [0.1, 0.15) is 0 Å². The van der Waals surface area contributed by atoms with Crippen LogP contribution in [0, 0.1) is 11.8 Å². The number of benzene rings is 2. The van der Waals surface area contributed by atoms with Crippen molar-refractivity contribution < 1.29 is 5.21 Å². The van der Waals surface area contributed by atoms with Gasteiger partial charge in [-0.3, -0.25) is 0 Å². The van der Waals surface area contributed by atoms with E-state index in [0.717, 1.165) is 34.7 Å². The molecule has 3 nitrogen and oxygen atoms in total. The molecule has 2 aromatic rings. The van der Waals surface area contributed by atoms with Crippen LogP contribution in [-0.2, 0) is 0 Å². The fraction of sp³-hybridized carbons (Fsp3) is 0.381. The zero-order chi connectivity index (χ0) is 18.7. The minimum atomic E-state index is 0.0481. The Balaban J connectivity index is 2.01. The number of rotatable bonds is 4. The Morgan fingerprint density at radius 3 is 1.88 bits per heavy atom. The summed E-state index contributed by atoms with van der Waals surface area (Å²) in [6, 6.07) is 15.9. The molecule has 2 N–H and O–H groups in total. The first-order chi connectivity index (χ1) is 12.5. The van der Waals surface area contributed by atoms with Crippen LogP contribution in [0.25, 0.3) is 0 Å². The molecule has 26 heavy (non-hydrogen) atoms. The topological polar surface area (TPSA) is 44.6 Å². The van der Waals surface area contributed by atoms with Crippen molar-refractivity contribution in [3.63, 3.8) is 0 Å². The number of hydrogen-bond acceptors (Lipinski definition) is 3. The van der Waals surface area contributed by atoms with Gasteiger partial charge in [0.2, 0.25) is 0 Å². The first-order valence-electron chi connectivity index (χ1n) is 9.04. The van der Waals surface area contributed by atoms with Crippen molar-refractivity contribution in [2.75, 3.05) is 0 Å². The van der Waals surface area contributed by atoms with Crippen LogP contribution in [-0.4, -0.2) is 10.9 Å². The molecule has 0 unspecified atom stereocenters. The van der Waals surface area contributed by atoms with E-state index in [1.807, 2.05) is 48.5 Å². The summed E-state index contributed by atoms with van der Waals surface area (Å²) in [5.41, 5.74) is 3.14. The SMILES string of the molecule is CCC[C@@H]1/C(=N/O)[C@@H](C)[C@@H](c2ccc(Cl)cc2)N[C@@H]1c1ccc(Cl)cc1. The zero-order valence-corrected chi connectivity index (χ0v) is 16.5. The monoisotopic (exact) mass is 390 g/mol. The van der Waals surface area contributed by atoms with E-state index in [2.05, 4.69) is 24.3 Å². The highest BCUT2D eigenvalue weighted by atomic mass is 35.5. The second kappa shape index (κ2) is 8.43. The van der Waals surface area contributed by atoms with Gasteiger partial charge in [-0.25, -0.2) is 0 Å². The fourth-order valence-corrected chi connectivity index (χ4v) is 4.23. The van der Waals surface area contributed by atoms with Crippen LogP contribution in [0.5, 0.6) is 0 Å². The standard InChI is InChI=1S/C21H24Cl2N2O/c1-3-4-18-20(25-26)13(2)19(14-5-9-16(22)10-6-14)24-21(18)15-7-11-17(23)12-8-15/h5-13,18-19,21,24,26H,3-4H2,1-2H3/b25-20+/t13-,18+,19-,21+/m0/s1. The minimum absolute atomic E-state index is 0.0481. The summed E-state index contributed by atoms with van der Waals surface area (Å²) in [4.78, 5) is 0. The molecule has 0 aliphatic carbocycles. The van der Waals surface area contributed by atoms with Gasteiger partial charge in [-0.1, -0.05) is 72.9 Å². The first-order valence-corrected chi connectivity index (χ1v) is 9.79. The van der Waals surface area contributed by atoms with Crippen LogP contribution in [0.3, 0.4) is 0 Å². The Kier molecular flexibility index (Phi) is 6.23. The third kappa shape index (κ3) is 3.90. The molecule has 0 aromatic heterocycles. The molecule has 0 spiro atoms. The summed E-state index contributed by atoms with van der Waals surface area (Å²) in [5.74, 6) is 0.228. The van der Waals surface area contributed by atoms with Gasteiger partial charge in [-0.05, 0) is 41.8 Å². The predicted molar refractivity (Wildman–Crippen MR) is 108 cm³/mol. The molecule has 2 aromatic carbocycles. The lowest BCUT2D eigenvalue weighted by atomic mass is 9.73. The van der Waals surface area contributed by atoms with Crippen molar-refractivity contribution in [3.05, 3.63) is 69.7 Å². The van der Waals surface area contributed by atoms with Crippen LogP contribution in [0.4, 0.5) is 0 Å². The van der Waals surface area contributed by atoms with Gasteiger partial charge in [-0.2, -0.15) is 0 Å². The molecular formula is C21H24Cl2N2O. The first kappa shape index (κ1) is 19.2. The van der Waals surface area contributed by atoms with Crippen molar-refractivity contribution in [2.24, 2.45) is 17.0 Å². The summed E-state index contributed by atoms with van der Waals surface area (Å²) in [6.07, 6.45) is 1.98. The molecule has 0 bridgehead atoms. The van der Waals surface area contributed by atoms with E-state index in [9.17, 15) is 5.21 Å². The van der Waals surface area contributed by atoms with Crippen molar-refractivity contribution >= 4 is 28.9 Å². The zero-order valence-electron chi connectivity index (χ0n) is 15.0. The third-order valence-electron chi connectivity index (χ3n) is 5.28. The van der Waals surface area contributed by atoms with E-state index >= 15 is 0 Å². The van der Waals surface area contributed by atoms with Crippen molar-refractivity contribution in [1.82, 2.24) is 5.32 Å². The van der Waals surface area contributed by atoms with E-state index in [1.165, 1.54) is 0 Å². The van der Waals surface area contributed by atoms with Crippen LogP contribution in [0.1, 0.15) is 49.9 Å². The molecular weight excluding hydrogens is 367 g/mol. The largest absolute Gasteiger partial charge is 0.411 e. The Morgan fingerprint density at radius 2 is 1.42 bits per heavy atom. The highest BCUT2D eigenvalue weighted by Gasteiger charge is 2.40.